The zero-order chi connectivity index (χ0) is 13.7. The predicted molar refractivity (Wildman–Crippen MR) is 79.8 cm³/mol. The molecule has 5 heteroatoms. The number of likely N-dealkylation sites (tertiary alicyclic amines) is 1. The summed E-state index contributed by atoms with van der Waals surface area (Å²) in [7, 11) is 0. The highest BCUT2D eigenvalue weighted by Crippen LogP contribution is 2.17. The smallest absolute Gasteiger partial charge is 0.134 e. The summed E-state index contributed by atoms with van der Waals surface area (Å²) in [6.45, 7) is 7.74. The summed E-state index contributed by atoms with van der Waals surface area (Å²) < 4.78 is 0. The maximum absolute atomic E-state index is 6.06. The Kier molecular flexibility index (Phi) is 5.40. The monoisotopic (exact) mass is 282 g/mol. The topological polar surface area (TPSA) is 41.1 Å². The maximum Gasteiger partial charge on any atom is 0.134 e. The minimum Gasteiger partial charge on any atom is -0.366 e. The molecule has 0 saturated carbocycles. The SMILES string of the molecule is CCCc1nc(Cl)cc(NC2CCCN(CC)C2)n1. The van der Waals surface area contributed by atoms with E-state index in [1.165, 1.54) is 19.4 Å². The molecule has 1 atom stereocenters. The standard InChI is InChI=1S/C14H23ClN4/c1-3-6-13-17-12(15)9-14(18-13)16-11-7-5-8-19(4-2)10-11/h9,11H,3-8,10H2,1-2H3,(H,16,17,18). The van der Waals surface area contributed by atoms with Crippen LogP contribution in [0.5, 0.6) is 0 Å². The number of rotatable bonds is 5. The number of nitrogens with one attached hydrogen (secondary N) is 1. The van der Waals surface area contributed by atoms with E-state index in [2.05, 4.69) is 34.0 Å². The van der Waals surface area contributed by atoms with E-state index in [1.54, 1.807) is 0 Å². The van der Waals surface area contributed by atoms with Gasteiger partial charge in [-0.15, -0.1) is 0 Å². The van der Waals surface area contributed by atoms with Crippen LogP contribution in [0.1, 0.15) is 38.9 Å². The second kappa shape index (κ2) is 7.06. The average Bonchev–Trinajstić information content (AvgIpc) is 2.38. The number of nitrogens with zero attached hydrogens (tertiary/aromatic N) is 3. The summed E-state index contributed by atoms with van der Waals surface area (Å²) in [4.78, 5) is 11.3. The van der Waals surface area contributed by atoms with Crippen LogP contribution >= 0.6 is 11.6 Å². The second-order valence-corrected chi connectivity index (χ2v) is 5.51. The number of piperidine rings is 1. The number of likely N-dealkylation sites (N-methyl/N-ethyl adjacent to an activating group) is 1. The molecule has 0 amide bonds. The van der Waals surface area contributed by atoms with Gasteiger partial charge in [-0.05, 0) is 32.4 Å². The van der Waals surface area contributed by atoms with Crippen LogP contribution in [-0.2, 0) is 6.42 Å². The zero-order valence-electron chi connectivity index (χ0n) is 11.8. The highest BCUT2D eigenvalue weighted by molar-refractivity contribution is 6.29. The van der Waals surface area contributed by atoms with E-state index in [0.29, 0.717) is 11.2 Å². The first-order valence-electron chi connectivity index (χ1n) is 7.23. The van der Waals surface area contributed by atoms with Crippen molar-refractivity contribution >= 4 is 17.4 Å². The molecule has 1 unspecified atom stereocenters. The number of aryl methyl sites for hydroxylation is 1. The Morgan fingerprint density at radius 3 is 3.00 bits per heavy atom. The van der Waals surface area contributed by atoms with Gasteiger partial charge in [-0.2, -0.15) is 0 Å². The summed E-state index contributed by atoms with van der Waals surface area (Å²) in [6, 6.07) is 2.29. The van der Waals surface area contributed by atoms with Gasteiger partial charge in [0.15, 0.2) is 0 Å². The Labute approximate surface area is 120 Å². The molecule has 1 aromatic heterocycles. The molecule has 2 heterocycles. The Hall–Kier alpha value is -0.870. The van der Waals surface area contributed by atoms with Gasteiger partial charge < -0.3 is 10.2 Å². The van der Waals surface area contributed by atoms with Crippen molar-refractivity contribution in [3.8, 4) is 0 Å². The molecule has 0 spiro atoms. The number of hydrogen-bond acceptors (Lipinski definition) is 4. The van der Waals surface area contributed by atoms with Crippen molar-refractivity contribution in [1.29, 1.82) is 0 Å². The molecule has 2 rings (SSSR count). The fraction of sp³-hybridized carbons (Fsp3) is 0.714. The first kappa shape index (κ1) is 14.5. The lowest BCUT2D eigenvalue weighted by Crippen LogP contribution is -2.42. The van der Waals surface area contributed by atoms with Gasteiger partial charge >= 0.3 is 0 Å². The van der Waals surface area contributed by atoms with Crippen LogP contribution < -0.4 is 5.32 Å². The Balaban J connectivity index is 2.01. The average molecular weight is 283 g/mol. The quantitative estimate of drug-likeness (QED) is 0.843. The molecule has 106 valence electrons. The van der Waals surface area contributed by atoms with Crippen LogP contribution in [-0.4, -0.2) is 40.5 Å². The highest BCUT2D eigenvalue weighted by atomic mass is 35.5. The van der Waals surface area contributed by atoms with Gasteiger partial charge in [0.1, 0.15) is 16.8 Å². The van der Waals surface area contributed by atoms with Crippen LogP contribution in [0.4, 0.5) is 5.82 Å². The van der Waals surface area contributed by atoms with Crippen LogP contribution in [0.25, 0.3) is 0 Å². The normalized spacial score (nSPS) is 20.5. The summed E-state index contributed by atoms with van der Waals surface area (Å²) in [5.41, 5.74) is 0. The van der Waals surface area contributed by atoms with Gasteiger partial charge in [0.05, 0.1) is 0 Å². The van der Waals surface area contributed by atoms with Gasteiger partial charge in [0.2, 0.25) is 0 Å². The van der Waals surface area contributed by atoms with Crippen LogP contribution in [0.15, 0.2) is 6.07 Å². The molecule has 1 fully saturated rings. The first-order valence-corrected chi connectivity index (χ1v) is 7.61. The lowest BCUT2D eigenvalue weighted by molar-refractivity contribution is 0.226. The van der Waals surface area contributed by atoms with E-state index < -0.39 is 0 Å². The molecule has 0 bridgehead atoms. The van der Waals surface area contributed by atoms with Crippen molar-refractivity contribution in [3.05, 3.63) is 17.0 Å². The number of anilines is 1. The largest absolute Gasteiger partial charge is 0.366 e. The fourth-order valence-electron chi connectivity index (χ4n) is 2.54. The molecule has 0 aliphatic carbocycles. The van der Waals surface area contributed by atoms with Gasteiger partial charge in [0.25, 0.3) is 0 Å². The summed E-state index contributed by atoms with van der Waals surface area (Å²) in [5, 5.41) is 4.04. The Bertz CT molecular complexity index is 410. The number of hydrogen-bond donors (Lipinski definition) is 1. The van der Waals surface area contributed by atoms with E-state index in [4.69, 9.17) is 11.6 Å². The molecule has 0 radical (unpaired) electrons. The third-order valence-electron chi connectivity index (χ3n) is 3.52. The third-order valence-corrected chi connectivity index (χ3v) is 3.71. The number of aromatic nitrogens is 2. The van der Waals surface area contributed by atoms with Gasteiger partial charge in [-0.1, -0.05) is 25.4 Å². The highest BCUT2D eigenvalue weighted by Gasteiger charge is 2.19. The van der Waals surface area contributed by atoms with Crippen molar-refractivity contribution in [2.75, 3.05) is 25.0 Å². The first-order chi connectivity index (χ1) is 9.21. The minimum absolute atomic E-state index is 0.467. The summed E-state index contributed by atoms with van der Waals surface area (Å²) in [6.07, 6.45) is 4.35. The molecule has 0 aromatic carbocycles. The molecule has 4 nitrogen and oxygen atoms in total. The zero-order valence-corrected chi connectivity index (χ0v) is 12.6. The molecule has 1 saturated heterocycles. The third kappa shape index (κ3) is 4.32. The molecule has 1 N–H and O–H groups in total. The van der Waals surface area contributed by atoms with E-state index in [-0.39, 0.29) is 0 Å². The maximum atomic E-state index is 6.06. The van der Waals surface area contributed by atoms with E-state index in [1.807, 2.05) is 6.07 Å². The molecular formula is C14H23ClN4. The molecular weight excluding hydrogens is 260 g/mol. The van der Waals surface area contributed by atoms with Crippen molar-refractivity contribution in [1.82, 2.24) is 14.9 Å². The lowest BCUT2D eigenvalue weighted by Gasteiger charge is -2.32. The molecule has 1 aliphatic rings. The molecule has 19 heavy (non-hydrogen) atoms. The Morgan fingerprint density at radius 2 is 2.26 bits per heavy atom. The van der Waals surface area contributed by atoms with Crippen LogP contribution in [0.2, 0.25) is 5.15 Å². The second-order valence-electron chi connectivity index (χ2n) is 5.12. The van der Waals surface area contributed by atoms with Crippen LogP contribution in [0, 0.1) is 0 Å². The van der Waals surface area contributed by atoms with Crippen molar-refractivity contribution in [2.45, 2.75) is 45.6 Å². The van der Waals surface area contributed by atoms with Crippen molar-refractivity contribution < 1.29 is 0 Å². The van der Waals surface area contributed by atoms with E-state index in [0.717, 1.165) is 37.6 Å². The summed E-state index contributed by atoms with van der Waals surface area (Å²) >= 11 is 6.06. The van der Waals surface area contributed by atoms with E-state index >= 15 is 0 Å². The molecule has 1 aromatic rings. The van der Waals surface area contributed by atoms with E-state index in [9.17, 15) is 0 Å². The fourth-order valence-corrected chi connectivity index (χ4v) is 2.74. The predicted octanol–water partition coefficient (Wildman–Crippen LogP) is 2.98. The molecule has 1 aliphatic heterocycles. The van der Waals surface area contributed by atoms with Crippen molar-refractivity contribution in [2.24, 2.45) is 0 Å². The van der Waals surface area contributed by atoms with Gasteiger partial charge in [-0.3, -0.25) is 0 Å². The summed E-state index contributed by atoms with van der Waals surface area (Å²) in [5.74, 6) is 1.70. The lowest BCUT2D eigenvalue weighted by atomic mass is 10.1. The van der Waals surface area contributed by atoms with Gasteiger partial charge in [0, 0.05) is 25.1 Å². The van der Waals surface area contributed by atoms with Crippen LogP contribution in [0.3, 0.4) is 0 Å². The Morgan fingerprint density at radius 1 is 1.42 bits per heavy atom. The number of halogens is 1. The van der Waals surface area contributed by atoms with Crippen molar-refractivity contribution in [3.63, 3.8) is 0 Å². The minimum atomic E-state index is 0.467. The van der Waals surface area contributed by atoms with Gasteiger partial charge in [-0.25, -0.2) is 9.97 Å².